The zero-order valence-electron chi connectivity index (χ0n) is 17.3. The van der Waals surface area contributed by atoms with Crippen LogP contribution in [0, 0.1) is 0 Å². The Balaban J connectivity index is 2.03. The van der Waals surface area contributed by atoms with Gasteiger partial charge in [-0.05, 0) is 31.0 Å². The number of aromatic nitrogens is 1. The lowest BCUT2D eigenvalue weighted by atomic mass is 10.2. The first kappa shape index (κ1) is 21.8. The number of aryl methyl sites for hydroxylation is 1. The summed E-state index contributed by atoms with van der Waals surface area (Å²) in [6.07, 6.45) is 1.85. The van der Waals surface area contributed by atoms with Crippen molar-refractivity contribution >= 4 is 17.3 Å². The zero-order valence-corrected chi connectivity index (χ0v) is 18.1. The zero-order chi connectivity index (χ0) is 20.4. The Labute approximate surface area is 171 Å². The first-order valence-electron chi connectivity index (χ1n) is 9.39. The van der Waals surface area contributed by atoms with Crippen LogP contribution in [0.5, 0.6) is 17.2 Å². The van der Waals surface area contributed by atoms with Crippen molar-refractivity contribution in [2.75, 3.05) is 34.4 Å². The molecule has 0 aliphatic heterocycles. The normalized spacial score (nSPS) is 11.2. The summed E-state index contributed by atoms with van der Waals surface area (Å²) < 4.78 is 16.2. The number of hydrogen-bond donors (Lipinski definition) is 2. The average Bonchev–Trinajstić information content (AvgIpc) is 3.19. The molecule has 0 radical (unpaired) electrons. The van der Waals surface area contributed by atoms with Crippen molar-refractivity contribution in [3.05, 3.63) is 33.8 Å². The smallest absolute Gasteiger partial charge is 0.203 e. The molecule has 1 heterocycles. The summed E-state index contributed by atoms with van der Waals surface area (Å²) in [6, 6.07) is 3.83. The van der Waals surface area contributed by atoms with Crippen molar-refractivity contribution in [3.8, 4) is 17.2 Å². The van der Waals surface area contributed by atoms with Gasteiger partial charge in [0.1, 0.15) is 0 Å². The standard InChI is InChI=1S/C20H30N4O3S/c1-6-18-24-15(13-28-18)8-9-22-20(21-7-2)23-12-14-10-16(25-3)19(27-5)17(11-14)26-4/h10-11,13H,6-9,12H2,1-5H3,(H2,21,22,23). The molecule has 1 aromatic carbocycles. The van der Waals surface area contributed by atoms with Crippen molar-refractivity contribution in [1.82, 2.24) is 15.6 Å². The van der Waals surface area contributed by atoms with E-state index in [0.29, 0.717) is 23.8 Å². The fourth-order valence-corrected chi connectivity index (χ4v) is 3.45. The summed E-state index contributed by atoms with van der Waals surface area (Å²) >= 11 is 1.72. The minimum Gasteiger partial charge on any atom is -0.493 e. The summed E-state index contributed by atoms with van der Waals surface area (Å²) in [5, 5.41) is 9.94. The molecule has 7 nitrogen and oxygen atoms in total. The Morgan fingerprint density at radius 3 is 2.32 bits per heavy atom. The van der Waals surface area contributed by atoms with Gasteiger partial charge < -0.3 is 24.8 Å². The molecular formula is C20H30N4O3S. The van der Waals surface area contributed by atoms with E-state index in [1.807, 2.05) is 19.1 Å². The van der Waals surface area contributed by atoms with E-state index >= 15 is 0 Å². The molecule has 8 heteroatoms. The van der Waals surface area contributed by atoms with E-state index in [-0.39, 0.29) is 0 Å². The van der Waals surface area contributed by atoms with E-state index in [4.69, 9.17) is 14.2 Å². The van der Waals surface area contributed by atoms with Crippen molar-refractivity contribution in [2.45, 2.75) is 33.2 Å². The highest BCUT2D eigenvalue weighted by atomic mass is 32.1. The highest BCUT2D eigenvalue weighted by molar-refractivity contribution is 7.09. The summed E-state index contributed by atoms with van der Waals surface area (Å²) in [7, 11) is 4.81. The van der Waals surface area contributed by atoms with E-state index < -0.39 is 0 Å². The Bertz CT molecular complexity index is 752. The van der Waals surface area contributed by atoms with Crippen molar-refractivity contribution < 1.29 is 14.2 Å². The van der Waals surface area contributed by atoms with Gasteiger partial charge in [-0.1, -0.05) is 6.92 Å². The van der Waals surface area contributed by atoms with Gasteiger partial charge >= 0.3 is 0 Å². The Hall–Kier alpha value is -2.48. The van der Waals surface area contributed by atoms with E-state index in [0.717, 1.165) is 43.1 Å². The van der Waals surface area contributed by atoms with Crippen LogP contribution in [0.2, 0.25) is 0 Å². The SMILES string of the molecule is CCNC(=NCc1cc(OC)c(OC)c(OC)c1)NCCc1csc(CC)n1. The molecule has 2 aromatic rings. The van der Waals surface area contributed by atoms with Crippen LogP contribution in [-0.4, -0.2) is 45.4 Å². The third-order valence-electron chi connectivity index (χ3n) is 4.06. The number of nitrogens with zero attached hydrogens (tertiary/aromatic N) is 2. The van der Waals surface area contributed by atoms with Crippen LogP contribution >= 0.6 is 11.3 Å². The molecule has 0 bridgehead atoms. The molecule has 28 heavy (non-hydrogen) atoms. The van der Waals surface area contributed by atoms with Gasteiger partial charge in [0.2, 0.25) is 5.75 Å². The van der Waals surface area contributed by atoms with E-state index in [2.05, 4.69) is 32.9 Å². The Morgan fingerprint density at radius 1 is 1.07 bits per heavy atom. The first-order valence-corrected chi connectivity index (χ1v) is 10.3. The lowest BCUT2D eigenvalue weighted by Gasteiger charge is -2.14. The molecule has 0 aliphatic rings. The molecule has 0 amide bonds. The van der Waals surface area contributed by atoms with Gasteiger partial charge in [0.15, 0.2) is 17.5 Å². The minimum absolute atomic E-state index is 0.489. The van der Waals surface area contributed by atoms with Gasteiger partial charge in [0, 0.05) is 24.9 Å². The summed E-state index contributed by atoms with van der Waals surface area (Å²) in [4.78, 5) is 9.27. The number of nitrogens with one attached hydrogen (secondary N) is 2. The van der Waals surface area contributed by atoms with Crippen LogP contribution in [0.15, 0.2) is 22.5 Å². The average molecular weight is 407 g/mol. The van der Waals surface area contributed by atoms with Gasteiger partial charge in [-0.2, -0.15) is 0 Å². The number of aliphatic imine (C=N–C) groups is 1. The topological polar surface area (TPSA) is 77.0 Å². The molecule has 0 atom stereocenters. The second-order valence-corrected chi connectivity index (χ2v) is 6.93. The molecule has 1 aromatic heterocycles. The van der Waals surface area contributed by atoms with Crippen molar-refractivity contribution in [2.24, 2.45) is 4.99 Å². The summed E-state index contributed by atoms with van der Waals surface area (Å²) in [5.41, 5.74) is 2.09. The molecule has 0 spiro atoms. The monoisotopic (exact) mass is 406 g/mol. The van der Waals surface area contributed by atoms with Crippen LogP contribution in [0.3, 0.4) is 0 Å². The molecular weight excluding hydrogens is 376 g/mol. The molecule has 0 saturated heterocycles. The second-order valence-electron chi connectivity index (χ2n) is 5.99. The highest BCUT2D eigenvalue weighted by Crippen LogP contribution is 2.38. The molecule has 2 rings (SSSR count). The van der Waals surface area contributed by atoms with Gasteiger partial charge in [0.05, 0.1) is 38.6 Å². The summed E-state index contributed by atoms with van der Waals surface area (Å²) in [5.74, 6) is 2.60. The lowest BCUT2D eigenvalue weighted by Crippen LogP contribution is -2.38. The molecule has 0 saturated carbocycles. The fourth-order valence-electron chi connectivity index (χ4n) is 2.67. The maximum atomic E-state index is 5.41. The van der Waals surface area contributed by atoms with Crippen LogP contribution in [0.25, 0.3) is 0 Å². The Kier molecular flexibility index (Phi) is 8.87. The van der Waals surface area contributed by atoms with Crippen LogP contribution in [-0.2, 0) is 19.4 Å². The second kappa shape index (κ2) is 11.4. The van der Waals surface area contributed by atoms with E-state index in [1.165, 1.54) is 5.01 Å². The quantitative estimate of drug-likeness (QED) is 0.467. The van der Waals surface area contributed by atoms with Gasteiger partial charge in [-0.3, -0.25) is 0 Å². The predicted octanol–water partition coefficient (Wildman–Crippen LogP) is 3.03. The van der Waals surface area contributed by atoms with Gasteiger partial charge in [-0.25, -0.2) is 9.98 Å². The number of ether oxygens (including phenoxy) is 3. The Morgan fingerprint density at radius 2 is 1.79 bits per heavy atom. The molecule has 2 N–H and O–H groups in total. The third kappa shape index (κ3) is 6.02. The number of guanidine groups is 1. The molecule has 0 unspecified atom stereocenters. The number of benzene rings is 1. The van der Waals surface area contributed by atoms with E-state index in [1.54, 1.807) is 32.7 Å². The maximum Gasteiger partial charge on any atom is 0.203 e. The van der Waals surface area contributed by atoms with Gasteiger partial charge in [0.25, 0.3) is 0 Å². The van der Waals surface area contributed by atoms with Crippen molar-refractivity contribution in [1.29, 1.82) is 0 Å². The highest BCUT2D eigenvalue weighted by Gasteiger charge is 2.13. The van der Waals surface area contributed by atoms with E-state index in [9.17, 15) is 0 Å². The first-order chi connectivity index (χ1) is 13.6. The maximum absolute atomic E-state index is 5.41. The molecule has 154 valence electrons. The van der Waals surface area contributed by atoms with Gasteiger partial charge in [-0.15, -0.1) is 11.3 Å². The van der Waals surface area contributed by atoms with Crippen LogP contribution in [0.1, 0.15) is 30.1 Å². The summed E-state index contributed by atoms with van der Waals surface area (Å²) in [6.45, 7) is 6.22. The number of hydrogen-bond acceptors (Lipinski definition) is 6. The molecule has 0 fully saturated rings. The predicted molar refractivity (Wildman–Crippen MR) is 114 cm³/mol. The van der Waals surface area contributed by atoms with Crippen LogP contribution < -0.4 is 24.8 Å². The van der Waals surface area contributed by atoms with Crippen molar-refractivity contribution in [3.63, 3.8) is 0 Å². The molecule has 0 aliphatic carbocycles. The number of methoxy groups -OCH3 is 3. The lowest BCUT2D eigenvalue weighted by molar-refractivity contribution is 0.324. The van der Waals surface area contributed by atoms with Crippen LogP contribution in [0.4, 0.5) is 0 Å². The minimum atomic E-state index is 0.489. The number of thiazole rings is 1. The number of rotatable bonds is 10. The third-order valence-corrected chi connectivity index (χ3v) is 5.11. The fraction of sp³-hybridized carbons (Fsp3) is 0.500. The largest absolute Gasteiger partial charge is 0.493 e.